The van der Waals surface area contributed by atoms with Gasteiger partial charge in [-0.05, 0) is 31.9 Å². The number of ether oxygens (including phenoxy) is 1. The number of carbonyl (C=O) groups excluding carboxylic acids is 2. The monoisotopic (exact) mass is 266 g/mol. The number of hydrogen-bond donors (Lipinski definition) is 1. The van der Waals surface area contributed by atoms with Crippen molar-refractivity contribution in [1.82, 2.24) is 10.2 Å². The van der Waals surface area contributed by atoms with Crippen LogP contribution in [0.3, 0.4) is 0 Å². The van der Waals surface area contributed by atoms with Crippen LogP contribution in [0.5, 0.6) is 0 Å². The molecule has 6 heteroatoms. The van der Waals surface area contributed by atoms with E-state index in [0.717, 1.165) is 18.6 Å². The Bertz CT molecular complexity index is 430. The van der Waals surface area contributed by atoms with E-state index in [4.69, 9.17) is 9.15 Å². The fourth-order valence-electron chi connectivity index (χ4n) is 2.25. The van der Waals surface area contributed by atoms with Crippen molar-refractivity contribution in [2.45, 2.75) is 25.8 Å². The highest BCUT2D eigenvalue weighted by atomic mass is 16.5. The van der Waals surface area contributed by atoms with Crippen molar-refractivity contribution in [1.29, 1.82) is 0 Å². The molecule has 0 spiro atoms. The molecule has 104 valence electrons. The quantitative estimate of drug-likeness (QED) is 0.842. The molecule has 0 saturated carbocycles. The molecule has 1 atom stereocenters. The maximum atomic E-state index is 12.0. The second kappa shape index (κ2) is 6.26. The van der Waals surface area contributed by atoms with E-state index in [1.807, 2.05) is 12.1 Å². The maximum Gasteiger partial charge on any atom is 0.325 e. The zero-order valence-corrected chi connectivity index (χ0v) is 10.9. The number of urea groups is 1. The second-order valence-corrected chi connectivity index (χ2v) is 4.33. The van der Waals surface area contributed by atoms with Crippen LogP contribution in [0.15, 0.2) is 22.8 Å². The fraction of sp³-hybridized carbons (Fsp3) is 0.538. The lowest BCUT2D eigenvalue weighted by atomic mass is 10.2. The molecule has 0 aromatic carbocycles. The smallest absolute Gasteiger partial charge is 0.325 e. The van der Waals surface area contributed by atoms with Crippen LogP contribution in [0.25, 0.3) is 0 Å². The van der Waals surface area contributed by atoms with Crippen LogP contribution in [0.2, 0.25) is 0 Å². The third-order valence-electron chi connectivity index (χ3n) is 3.07. The van der Waals surface area contributed by atoms with Gasteiger partial charge in [-0.15, -0.1) is 0 Å². The van der Waals surface area contributed by atoms with Crippen molar-refractivity contribution in [3.05, 3.63) is 24.2 Å². The van der Waals surface area contributed by atoms with E-state index in [-0.39, 0.29) is 18.6 Å². The highest BCUT2D eigenvalue weighted by Crippen LogP contribution is 2.31. The number of likely N-dealkylation sites (tertiary alicyclic amines) is 1. The predicted molar refractivity (Wildman–Crippen MR) is 67.4 cm³/mol. The molecule has 1 fully saturated rings. The topological polar surface area (TPSA) is 71.8 Å². The van der Waals surface area contributed by atoms with Gasteiger partial charge in [0, 0.05) is 6.54 Å². The Morgan fingerprint density at radius 2 is 2.42 bits per heavy atom. The second-order valence-electron chi connectivity index (χ2n) is 4.33. The minimum Gasteiger partial charge on any atom is -0.467 e. The van der Waals surface area contributed by atoms with Crippen LogP contribution >= 0.6 is 0 Å². The number of carbonyl (C=O) groups is 2. The Kier molecular flexibility index (Phi) is 4.43. The highest BCUT2D eigenvalue weighted by Gasteiger charge is 2.31. The van der Waals surface area contributed by atoms with Crippen molar-refractivity contribution in [2.75, 3.05) is 19.7 Å². The average molecular weight is 266 g/mol. The zero-order valence-electron chi connectivity index (χ0n) is 10.9. The standard InChI is InChI=1S/C13H18N2O4/c1-2-18-12(16)9-14-13(17)15-7-3-5-10(15)11-6-4-8-19-11/h4,6,8,10H,2-3,5,7,9H2,1H3,(H,14,17). The number of hydrogen-bond acceptors (Lipinski definition) is 4. The van der Waals surface area contributed by atoms with Gasteiger partial charge in [-0.3, -0.25) is 4.79 Å². The van der Waals surface area contributed by atoms with Crippen LogP contribution in [-0.2, 0) is 9.53 Å². The number of amides is 2. The first kappa shape index (κ1) is 13.5. The summed E-state index contributed by atoms with van der Waals surface area (Å²) >= 11 is 0. The summed E-state index contributed by atoms with van der Waals surface area (Å²) in [6, 6.07) is 3.37. The van der Waals surface area contributed by atoms with E-state index in [0.29, 0.717) is 13.2 Å². The number of nitrogens with one attached hydrogen (secondary N) is 1. The van der Waals surface area contributed by atoms with E-state index in [2.05, 4.69) is 5.32 Å². The first-order valence-corrected chi connectivity index (χ1v) is 6.46. The molecule has 1 aliphatic rings. The van der Waals surface area contributed by atoms with E-state index < -0.39 is 5.97 Å². The molecule has 0 aliphatic carbocycles. The highest BCUT2D eigenvalue weighted by molar-refractivity contribution is 5.81. The first-order chi connectivity index (χ1) is 9.22. The molecule has 0 radical (unpaired) electrons. The first-order valence-electron chi connectivity index (χ1n) is 6.46. The summed E-state index contributed by atoms with van der Waals surface area (Å²) in [6.07, 6.45) is 3.40. The van der Waals surface area contributed by atoms with Crippen LogP contribution in [0.1, 0.15) is 31.6 Å². The molecule has 0 bridgehead atoms. The summed E-state index contributed by atoms with van der Waals surface area (Å²) in [5, 5.41) is 2.57. The summed E-state index contributed by atoms with van der Waals surface area (Å²) in [7, 11) is 0. The average Bonchev–Trinajstić information content (AvgIpc) is 3.05. The fourth-order valence-corrected chi connectivity index (χ4v) is 2.25. The third kappa shape index (κ3) is 3.27. The lowest BCUT2D eigenvalue weighted by Crippen LogP contribution is -2.41. The summed E-state index contributed by atoms with van der Waals surface area (Å²) in [6.45, 7) is 2.61. The summed E-state index contributed by atoms with van der Waals surface area (Å²) < 4.78 is 10.1. The Hall–Kier alpha value is -1.98. The predicted octanol–water partition coefficient (Wildman–Crippen LogP) is 1.69. The minimum atomic E-state index is -0.426. The van der Waals surface area contributed by atoms with Gasteiger partial charge < -0.3 is 19.4 Å². The Labute approximate surface area is 111 Å². The minimum absolute atomic E-state index is 0.0443. The molecule has 1 aromatic rings. The van der Waals surface area contributed by atoms with Gasteiger partial charge in [0.25, 0.3) is 0 Å². The van der Waals surface area contributed by atoms with Crippen molar-refractivity contribution in [3.63, 3.8) is 0 Å². The molecule has 1 aromatic heterocycles. The maximum absolute atomic E-state index is 12.0. The summed E-state index contributed by atoms with van der Waals surface area (Å²) in [5.41, 5.74) is 0. The van der Waals surface area contributed by atoms with Gasteiger partial charge in [-0.2, -0.15) is 0 Å². The molecule has 1 unspecified atom stereocenters. The Morgan fingerprint density at radius 3 is 3.11 bits per heavy atom. The zero-order chi connectivity index (χ0) is 13.7. The Balaban J connectivity index is 1.89. The van der Waals surface area contributed by atoms with Crippen LogP contribution < -0.4 is 5.32 Å². The van der Waals surface area contributed by atoms with Crippen LogP contribution in [-0.4, -0.2) is 36.6 Å². The SMILES string of the molecule is CCOC(=O)CNC(=O)N1CCCC1c1ccco1. The molecule has 1 saturated heterocycles. The molecular formula is C13H18N2O4. The number of nitrogens with zero attached hydrogens (tertiary/aromatic N) is 1. The van der Waals surface area contributed by atoms with Crippen molar-refractivity contribution >= 4 is 12.0 Å². The van der Waals surface area contributed by atoms with E-state index >= 15 is 0 Å². The van der Waals surface area contributed by atoms with Gasteiger partial charge in [0.1, 0.15) is 12.3 Å². The summed E-state index contributed by atoms with van der Waals surface area (Å²) in [4.78, 5) is 24.9. The van der Waals surface area contributed by atoms with Gasteiger partial charge in [-0.1, -0.05) is 0 Å². The molecule has 19 heavy (non-hydrogen) atoms. The van der Waals surface area contributed by atoms with Crippen LogP contribution in [0, 0.1) is 0 Å². The van der Waals surface area contributed by atoms with Crippen LogP contribution in [0.4, 0.5) is 4.79 Å². The van der Waals surface area contributed by atoms with E-state index in [9.17, 15) is 9.59 Å². The molecule has 1 N–H and O–H groups in total. The number of rotatable bonds is 4. The van der Waals surface area contributed by atoms with Gasteiger partial charge in [-0.25, -0.2) is 4.79 Å². The molecular weight excluding hydrogens is 248 g/mol. The molecule has 2 amide bonds. The van der Waals surface area contributed by atoms with Crippen molar-refractivity contribution in [3.8, 4) is 0 Å². The van der Waals surface area contributed by atoms with E-state index in [1.54, 1.807) is 18.1 Å². The largest absolute Gasteiger partial charge is 0.467 e. The molecule has 2 rings (SSSR count). The molecule has 6 nitrogen and oxygen atoms in total. The number of furan rings is 1. The lowest BCUT2D eigenvalue weighted by Gasteiger charge is -2.23. The summed E-state index contributed by atoms with van der Waals surface area (Å²) in [5.74, 6) is 0.355. The van der Waals surface area contributed by atoms with Gasteiger partial charge in [0.2, 0.25) is 0 Å². The van der Waals surface area contributed by atoms with E-state index in [1.165, 1.54) is 0 Å². The molecule has 2 heterocycles. The number of esters is 1. The molecule has 1 aliphatic heterocycles. The van der Waals surface area contributed by atoms with Gasteiger partial charge in [0.05, 0.1) is 18.9 Å². The van der Waals surface area contributed by atoms with Crippen molar-refractivity contribution < 1.29 is 18.7 Å². The third-order valence-corrected chi connectivity index (χ3v) is 3.07. The van der Waals surface area contributed by atoms with Crippen molar-refractivity contribution in [2.24, 2.45) is 0 Å². The Morgan fingerprint density at radius 1 is 1.58 bits per heavy atom. The van der Waals surface area contributed by atoms with Gasteiger partial charge >= 0.3 is 12.0 Å². The lowest BCUT2D eigenvalue weighted by molar-refractivity contribution is -0.141. The normalized spacial score (nSPS) is 18.4. The van der Waals surface area contributed by atoms with Gasteiger partial charge in [0.15, 0.2) is 0 Å².